The average Bonchev–Trinajstić information content (AvgIpc) is 3.63. The van der Waals surface area contributed by atoms with Crippen molar-refractivity contribution in [3.05, 3.63) is 62.8 Å². The predicted octanol–water partition coefficient (Wildman–Crippen LogP) is 7.95. The third kappa shape index (κ3) is 7.94. The van der Waals surface area contributed by atoms with E-state index in [-0.39, 0.29) is 12.0 Å². The summed E-state index contributed by atoms with van der Waals surface area (Å²) in [5.74, 6) is 1.89. The number of methoxy groups -OCH3 is 1. The van der Waals surface area contributed by atoms with Gasteiger partial charge in [0.2, 0.25) is 0 Å². The molecule has 5 rings (SSSR count). The smallest absolute Gasteiger partial charge is 0.338 e. The number of nitrogens with zero attached hydrogens (tertiary/aromatic N) is 2. The maximum atomic E-state index is 11.7. The van der Waals surface area contributed by atoms with Crippen LogP contribution in [0.3, 0.4) is 0 Å². The summed E-state index contributed by atoms with van der Waals surface area (Å²) in [4.78, 5) is 24.2. The van der Waals surface area contributed by atoms with Crippen molar-refractivity contribution < 1.29 is 19.1 Å². The van der Waals surface area contributed by atoms with E-state index in [2.05, 4.69) is 41.5 Å². The number of carbonyl (C=O) groups excluding carboxylic acids is 1. The van der Waals surface area contributed by atoms with Crippen LogP contribution in [0.25, 0.3) is 10.2 Å². The number of thiazole rings is 1. The summed E-state index contributed by atoms with van der Waals surface area (Å²) in [5, 5.41) is 5.91. The topological polar surface area (TPSA) is 84.9 Å². The number of hydroxylamine groups is 1. The van der Waals surface area contributed by atoms with Crippen LogP contribution in [0.1, 0.15) is 75.3 Å². The van der Waals surface area contributed by atoms with Crippen LogP contribution in [0.4, 0.5) is 5.13 Å². The van der Waals surface area contributed by atoms with Gasteiger partial charge in [-0.2, -0.15) is 0 Å². The molecule has 0 amide bonds. The van der Waals surface area contributed by atoms with Gasteiger partial charge < -0.3 is 24.5 Å². The van der Waals surface area contributed by atoms with Gasteiger partial charge >= 0.3 is 5.97 Å². The van der Waals surface area contributed by atoms with Crippen molar-refractivity contribution in [2.24, 2.45) is 5.92 Å². The number of ether oxygens (including phenoxy) is 2. The first-order valence-electron chi connectivity index (χ1n) is 14.9. The molecule has 1 aromatic heterocycles. The average molecular weight is 650 g/mol. The van der Waals surface area contributed by atoms with E-state index in [1.54, 1.807) is 12.1 Å². The number of fused-ring (bicyclic) bond motifs is 1. The Balaban J connectivity index is 0.000000199. The minimum absolute atomic E-state index is 0.0753. The monoisotopic (exact) mass is 648 g/mol. The molecule has 1 aliphatic carbocycles. The Bertz CT molecular complexity index is 1420. The van der Waals surface area contributed by atoms with Crippen molar-refractivity contribution in [2.75, 3.05) is 38.8 Å². The van der Waals surface area contributed by atoms with Crippen molar-refractivity contribution in [1.29, 1.82) is 0 Å². The van der Waals surface area contributed by atoms with Crippen LogP contribution in [0.15, 0.2) is 41.7 Å². The minimum Gasteiger partial charge on any atom is -0.492 e. The molecule has 43 heavy (non-hydrogen) atoms. The molecule has 1 saturated carbocycles. The molecule has 2 aliphatic rings. The van der Waals surface area contributed by atoms with Crippen LogP contribution in [0, 0.1) is 5.92 Å². The number of halogens is 2. The molecule has 0 bridgehead atoms. The molecule has 11 heteroatoms. The number of nitrogens with one attached hydrogen (secondary N) is 2. The Kier molecular flexibility index (Phi) is 12.0. The second-order valence-electron chi connectivity index (χ2n) is 10.6. The first-order valence-corrected chi connectivity index (χ1v) is 16.5. The van der Waals surface area contributed by atoms with E-state index >= 15 is 0 Å². The molecule has 0 spiro atoms. The molecular formula is C32H42Cl2N4O4S. The number of rotatable bonds is 12. The Morgan fingerprint density at radius 2 is 1.88 bits per heavy atom. The Hall–Kier alpha value is -2.56. The second kappa shape index (κ2) is 15.4. The predicted molar refractivity (Wildman–Crippen MR) is 177 cm³/mol. The van der Waals surface area contributed by atoms with Gasteiger partial charge in [0.15, 0.2) is 5.13 Å². The highest BCUT2D eigenvalue weighted by Crippen LogP contribution is 2.46. The molecule has 1 fully saturated rings. The fourth-order valence-corrected chi connectivity index (χ4v) is 6.58. The third-order valence-electron chi connectivity index (χ3n) is 7.73. The molecule has 0 saturated heterocycles. The third-order valence-corrected chi connectivity index (χ3v) is 9.50. The number of allylic oxidation sites excluding steroid dienone is 1. The Morgan fingerprint density at radius 1 is 1.19 bits per heavy atom. The number of anilines is 1. The lowest BCUT2D eigenvalue weighted by Crippen LogP contribution is -2.31. The molecule has 2 N–H and O–H groups in total. The maximum Gasteiger partial charge on any atom is 0.338 e. The largest absolute Gasteiger partial charge is 0.492 e. The summed E-state index contributed by atoms with van der Waals surface area (Å²) in [5.41, 5.74) is 6.58. The molecule has 1 unspecified atom stereocenters. The molecule has 2 aromatic carbocycles. The lowest BCUT2D eigenvalue weighted by molar-refractivity contribution is 0.0600. The molecule has 1 aliphatic heterocycles. The molecule has 234 valence electrons. The van der Waals surface area contributed by atoms with Crippen molar-refractivity contribution >= 4 is 55.9 Å². The highest BCUT2D eigenvalue weighted by molar-refractivity contribution is 7.22. The SMILES string of the molecule is CCC(CC)NCC1=C(C2CC2)ONC1c1c(Cl)cccc1Cl.CCOc1cc(C(=O)OC)cc2sc(N(C)CC)nc12. The number of esters is 1. The van der Waals surface area contributed by atoms with Gasteiger partial charge in [0.05, 0.1) is 30.0 Å². The minimum atomic E-state index is -0.369. The molecule has 2 heterocycles. The van der Waals surface area contributed by atoms with Gasteiger partial charge in [0.25, 0.3) is 0 Å². The summed E-state index contributed by atoms with van der Waals surface area (Å²) in [6.45, 7) is 10.6. The zero-order valence-corrected chi connectivity index (χ0v) is 28.1. The first-order chi connectivity index (χ1) is 20.8. The number of aromatic nitrogens is 1. The van der Waals surface area contributed by atoms with Crippen LogP contribution >= 0.6 is 34.5 Å². The van der Waals surface area contributed by atoms with Crippen LogP contribution in [0.2, 0.25) is 10.0 Å². The number of benzene rings is 2. The number of hydrogen-bond acceptors (Lipinski definition) is 9. The van der Waals surface area contributed by atoms with Crippen molar-refractivity contribution in [3.63, 3.8) is 0 Å². The van der Waals surface area contributed by atoms with E-state index in [0.717, 1.165) is 52.6 Å². The molecular weight excluding hydrogens is 607 g/mol. The van der Waals surface area contributed by atoms with E-state index in [9.17, 15) is 4.79 Å². The lowest BCUT2D eigenvalue weighted by Gasteiger charge is -2.20. The lowest BCUT2D eigenvalue weighted by atomic mass is 9.97. The van der Waals surface area contributed by atoms with E-state index in [1.807, 2.05) is 32.2 Å². The highest BCUT2D eigenvalue weighted by atomic mass is 35.5. The molecule has 8 nitrogen and oxygen atoms in total. The summed E-state index contributed by atoms with van der Waals surface area (Å²) in [7, 11) is 3.36. The fourth-order valence-electron chi connectivity index (χ4n) is 4.92. The van der Waals surface area contributed by atoms with Crippen LogP contribution in [-0.2, 0) is 9.57 Å². The van der Waals surface area contributed by atoms with Crippen LogP contribution < -0.4 is 20.4 Å². The fraction of sp³-hybridized carbons (Fsp3) is 0.500. The van der Waals surface area contributed by atoms with Gasteiger partial charge in [-0.05, 0) is 63.8 Å². The van der Waals surface area contributed by atoms with Gasteiger partial charge in [0.1, 0.15) is 17.0 Å². The zero-order valence-electron chi connectivity index (χ0n) is 25.8. The van der Waals surface area contributed by atoms with Crippen molar-refractivity contribution in [3.8, 4) is 5.75 Å². The van der Waals surface area contributed by atoms with Crippen molar-refractivity contribution in [1.82, 2.24) is 15.8 Å². The van der Waals surface area contributed by atoms with Crippen LogP contribution in [0.5, 0.6) is 5.75 Å². The maximum absolute atomic E-state index is 11.7. The van der Waals surface area contributed by atoms with E-state index in [4.69, 9.17) is 37.5 Å². The van der Waals surface area contributed by atoms with Crippen LogP contribution in [-0.4, -0.2) is 50.8 Å². The normalized spacial score (nSPS) is 16.3. The standard InChI is InChI=1S/C18H24Cl2N2O.C14H18N2O3S/c1-3-12(4-2)21-10-13-17(22-23-18(13)11-8-9-11)16-14(19)6-5-7-15(16)20;1-5-16(3)14-15-12-10(19-6-2)7-9(13(17)18-4)8-11(12)20-14/h5-7,11-12,17,21-22H,3-4,8-10H2,1-2H3;7-8H,5-6H2,1-4H3. The van der Waals surface area contributed by atoms with Gasteiger partial charge in [-0.25, -0.2) is 9.78 Å². The highest BCUT2D eigenvalue weighted by Gasteiger charge is 2.39. The molecule has 3 aromatic rings. The first kappa shape index (κ1) is 33.3. The number of carbonyl (C=O) groups is 1. The summed E-state index contributed by atoms with van der Waals surface area (Å²) < 4.78 is 11.3. The van der Waals surface area contributed by atoms with E-state index in [1.165, 1.54) is 36.9 Å². The molecule has 0 radical (unpaired) electrons. The van der Waals surface area contributed by atoms with Gasteiger partial charge in [-0.3, -0.25) is 0 Å². The quantitative estimate of drug-likeness (QED) is 0.191. The van der Waals surface area contributed by atoms with Gasteiger partial charge in [0, 0.05) is 53.3 Å². The summed E-state index contributed by atoms with van der Waals surface area (Å²) >= 11 is 14.4. The summed E-state index contributed by atoms with van der Waals surface area (Å²) in [6, 6.07) is 9.57. The van der Waals surface area contributed by atoms with Gasteiger partial charge in [-0.1, -0.05) is 54.5 Å². The zero-order chi connectivity index (χ0) is 31.1. The Morgan fingerprint density at radius 3 is 2.47 bits per heavy atom. The van der Waals surface area contributed by atoms with E-state index < -0.39 is 0 Å². The Labute approximate surface area is 268 Å². The van der Waals surface area contributed by atoms with Crippen molar-refractivity contribution in [2.45, 2.75) is 65.5 Å². The van der Waals surface area contributed by atoms with E-state index in [0.29, 0.717) is 39.9 Å². The summed E-state index contributed by atoms with van der Waals surface area (Å²) in [6.07, 6.45) is 4.64. The van der Waals surface area contributed by atoms with Gasteiger partial charge in [-0.15, -0.1) is 5.48 Å². The number of hydrogen-bond donors (Lipinski definition) is 2. The molecule has 1 atom stereocenters. The second-order valence-corrected chi connectivity index (χ2v) is 12.4.